The SMILES string of the molecule is O=C(CCCCl)c1cccc(OC(F)(F)F)c1. The van der Waals surface area contributed by atoms with Crippen LogP contribution in [0.25, 0.3) is 0 Å². The summed E-state index contributed by atoms with van der Waals surface area (Å²) in [4.78, 5) is 11.5. The van der Waals surface area contributed by atoms with E-state index >= 15 is 0 Å². The number of hydrogen-bond acceptors (Lipinski definition) is 2. The van der Waals surface area contributed by atoms with E-state index in [0.29, 0.717) is 12.3 Å². The van der Waals surface area contributed by atoms with Gasteiger partial charge in [-0.1, -0.05) is 12.1 Å². The van der Waals surface area contributed by atoms with Gasteiger partial charge < -0.3 is 4.74 Å². The Labute approximate surface area is 101 Å². The van der Waals surface area contributed by atoms with Crippen molar-refractivity contribution >= 4 is 17.4 Å². The number of alkyl halides is 4. The van der Waals surface area contributed by atoms with Crippen molar-refractivity contribution in [2.24, 2.45) is 0 Å². The maximum absolute atomic E-state index is 12.0. The maximum atomic E-state index is 12.0. The molecule has 0 N–H and O–H groups in total. The van der Waals surface area contributed by atoms with Crippen LogP contribution in [0.5, 0.6) is 5.75 Å². The number of ether oxygens (including phenoxy) is 1. The zero-order chi connectivity index (χ0) is 12.9. The summed E-state index contributed by atoms with van der Waals surface area (Å²) < 4.78 is 39.6. The number of Topliss-reactive ketones (excluding diaryl/α,β-unsaturated/α-hetero) is 1. The fourth-order valence-corrected chi connectivity index (χ4v) is 1.37. The van der Waals surface area contributed by atoms with Crippen LogP contribution in [-0.2, 0) is 0 Å². The van der Waals surface area contributed by atoms with E-state index in [1.165, 1.54) is 12.1 Å². The minimum absolute atomic E-state index is 0.192. The second kappa shape index (κ2) is 5.91. The average Bonchev–Trinajstić information content (AvgIpc) is 2.24. The van der Waals surface area contributed by atoms with Crippen molar-refractivity contribution in [1.82, 2.24) is 0 Å². The van der Waals surface area contributed by atoms with Gasteiger partial charge in [0.05, 0.1) is 0 Å². The minimum atomic E-state index is -4.75. The van der Waals surface area contributed by atoms with Crippen LogP contribution in [0, 0.1) is 0 Å². The molecule has 0 aliphatic rings. The molecule has 17 heavy (non-hydrogen) atoms. The summed E-state index contributed by atoms with van der Waals surface area (Å²) in [5.74, 6) is -0.308. The van der Waals surface area contributed by atoms with Gasteiger partial charge in [-0.2, -0.15) is 0 Å². The first-order valence-electron chi connectivity index (χ1n) is 4.87. The fraction of sp³-hybridized carbons (Fsp3) is 0.364. The lowest BCUT2D eigenvalue weighted by atomic mass is 10.1. The van der Waals surface area contributed by atoms with Gasteiger partial charge >= 0.3 is 6.36 Å². The van der Waals surface area contributed by atoms with E-state index in [1.54, 1.807) is 0 Å². The molecular weight excluding hydrogens is 257 g/mol. The van der Waals surface area contributed by atoms with Gasteiger partial charge in [-0.25, -0.2) is 0 Å². The lowest BCUT2D eigenvalue weighted by molar-refractivity contribution is -0.274. The molecule has 0 amide bonds. The molecule has 1 aromatic carbocycles. The molecule has 6 heteroatoms. The third-order valence-electron chi connectivity index (χ3n) is 1.93. The average molecular weight is 267 g/mol. The van der Waals surface area contributed by atoms with Gasteiger partial charge in [0.15, 0.2) is 5.78 Å². The second-order valence-electron chi connectivity index (χ2n) is 3.29. The molecule has 0 atom stereocenters. The summed E-state index contributed by atoms with van der Waals surface area (Å²) in [6, 6.07) is 5.00. The monoisotopic (exact) mass is 266 g/mol. The van der Waals surface area contributed by atoms with Crippen LogP contribution in [0.3, 0.4) is 0 Å². The van der Waals surface area contributed by atoms with Gasteiger partial charge in [0.2, 0.25) is 0 Å². The quantitative estimate of drug-likeness (QED) is 0.599. The summed E-state index contributed by atoms with van der Waals surface area (Å²) in [7, 11) is 0. The molecule has 1 rings (SSSR count). The standard InChI is InChI=1S/C11H10ClF3O2/c12-6-2-5-10(16)8-3-1-4-9(7-8)17-11(13,14)15/h1,3-4,7H,2,5-6H2. The van der Waals surface area contributed by atoms with E-state index in [-0.39, 0.29) is 17.8 Å². The van der Waals surface area contributed by atoms with E-state index in [0.717, 1.165) is 12.1 Å². The molecule has 0 saturated heterocycles. The Bertz CT molecular complexity index is 391. The second-order valence-corrected chi connectivity index (χ2v) is 3.67. The fourth-order valence-electron chi connectivity index (χ4n) is 1.24. The first kappa shape index (κ1) is 13.8. The highest BCUT2D eigenvalue weighted by atomic mass is 35.5. The van der Waals surface area contributed by atoms with Crippen LogP contribution in [0.1, 0.15) is 23.2 Å². The van der Waals surface area contributed by atoms with Crippen LogP contribution < -0.4 is 4.74 Å². The zero-order valence-corrected chi connectivity index (χ0v) is 9.52. The third-order valence-corrected chi connectivity index (χ3v) is 2.19. The van der Waals surface area contributed by atoms with Gasteiger partial charge in [0.1, 0.15) is 5.75 Å². The summed E-state index contributed by atoms with van der Waals surface area (Å²) in [6.07, 6.45) is -4.05. The Hall–Kier alpha value is -1.23. The predicted molar refractivity (Wildman–Crippen MR) is 57.4 cm³/mol. The number of rotatable bonds is 5. The van der Waals surface area contributed by atoms with Crippen molar-refractivity contribution in [1.29, 1.82) is 0 Å². The molecule has 0 heterocycles. The summed E-state index contributed by atoms with van der Waals surface area (Å²) >= 11 is 5.43. The van der Waals surface area contributed by atoms with Crippen LogP contribution >= 0.6 is 11.6 Å². The van der Waals surface area contributed by atoms with Crippen molar-refractivity contribution in [3.8, 4) is 5.75 Å². The normalized spacial score (nSPS) is 11.3. The summed E-state index contributed by atoms with van der Waals surface area (Å²) in [5, 5.41) is 0. The number of carbonyl (C=O) groups excluding carboxylic acids is 1. The van der Waals surface area contributed by atoms with E-state index < -0.39 is 12.1 Å². The van der Waals surface area contributed by atoms with Crippen molar-refractivity contribution in [3.63, 3.8) is 0 Å². The van der Waals surface area contributed by atoms with Crippen molar-refractivity contribution in [2.75, 3.05) is 5.88 Å². The Morgan fingerprint density at radius 3 is 2.65 bits per heavy atom. The summed E-state index contributed by atoms with van der Waals surface area (Å²) in [5.41, 5.74) is 0.192. The maximum Gasteiger partial charge on any atom is 0.573 e. The Kier molecular flexibility index (Phi) is 4.81. The lowest BCUT2D eigenvalue weighted by Crippen LogP contribution is -2.17. The molecular formula is C11H10ClF3O2. The van der Waals surface area contributed by atoms with Crippen LogP contribution in [-0.4, -0.2) is 18.0 Å². The van der Waals surface area contributed by atoms with Gasteiger partial charge in [0.25, 0.3) is 0 Å². The molecule has 0 saturated carbocycles. The number of halogens is 4. The number of carbonyl (C=O) groups is 1. The Morgan fingerprint density at radius 2 is 2.06 bits per heavy atom. The van der Waals surface area contributed by atoms with Crippen molar-refractivity contribution in [2.45, 2.75) is 19.2 Å². The van der Waals surface area contributed by atoms with Gasteiger partial charge in [-0.05, 0) is 18.6 Å². The predicted octanol–water partition coefficient (Wildman–Crippen LogP) is 3.79. The number of ketones is 1. The Balaban J connectivity index is 2.75. The first-order chi connectivity index (χ1) is 7.92. The summed E-state index contributed by atoms with van der Waals surface area (Å²) in [6.45, 7) is 0. The van der Waals surface area contributed by atoms with E-state index in [2.05, 4.69) is 4.74 Å². The smallest absolute Gasteiger partial charge is 0.406 e. The number of benzene rings is 1. The van der Waals surface area contributed by atoms with Gasteiger partial charge in [-0.3, -0.25) is 4.79 Å². The topological polar surface area (TPSA) is 26.3 Å². The van der Waals surface area contributed by atoms with Gasteiger partial charge in [0, 0.05) is 17.9 Å². The lowest BCUT2D eigenvalue weighted by Gasteiger charge is -2.09. The highest BCUT2D eigenvalue weighted by Crippen LogP contribution is 2.23. The first-order valence-corrected chi connectivity index (χ1v) is 5.41. The molecule has 0 unspecified atom stereocenters. The van der Waals surface area contributed by atoms with Crippen molar-refractivity contribution in [3.05, 3.63) is 29.8 Å². The Morgan fingerprint density at radius 1 is 1.35 bits per heavy atom. The van der Waals surface area contributed by atoms with Crippen molar-refractivity contribution < 1.29 is 22.7 Å². The third kappa shape index (κ3) is 5.08. The van der Waals surface area contributed by atoms with Gasteiger partial charge in [-0.15, -0.1) is 24.8 Å². The van der Waals surface area contributed by atoms with Crippen LogP contribution in [0.15, 0.2) is 24.3 Å². The highest BCUT2D eigenvalue weighted by molar-refractivity contribution is 6.18. The van der Waals surface area contributed by atoms with Crippen LogP contribution in [0.4, 0.5) is 13.2 Å². The molecule has 0 radical (unpaired) electrons. The zero-order valence-electron chi connectivity index (χ0n) is 8.76. The number of hydrogen-bond donors (Lipinski definition) is 0. The molecule has 0 spiro atoms. The molecule has 1 aromatic rings. The van der Waals surface area contributed by atoms with Crippen LogP contribution in [0.2, 0.25) is 0 Å². The molecule has 94 valence electrons. The van der Waals surface area contributed by atoms with E-state index in [1.807, 2.05) is 0 Å². The highest BCUT2D eigenvalue weighted by Gasteiger charge is 2.31. The van der Waals surface area contributed by atoms with E-state index in [4.69, 9.17) is 11.6 Å². The molecule has 0 aliphatic carbocycles. The minimum Gasteiger partial charge on any atom is -0.406 e. The molecule has 0 aliphatic heterocycles. The molecule has 0 bridgehead atoms. The van der Waals surface area contributed by atoms with E-state index in [9.17, 15) is 18.0 Å². The molecule has 0 fully saturated rings. The molecule has 2 nitrogen and oxygen atoms in total. The largest absolute Gasteiger partial charge is 0.573 e. The molecule has 0 aromatic heterocycles.